The Morgan fingerprint density at radius 1 is 1.05 bits per heavy atom. The van der Waals surface area contributed by atoms with E-state index in [4.69, 9.17) is 19.0 Å². The van der Waals surface area contributed by atoms with Crippen LogP contribution in [0.25, 0.3) is 22.6 Å². The highest BCUT2D eigenvalue weighted by molar-refractivity contribution is 5.76. The predicted molar refractivity (Wildman–Crippen MR) is 134 cm³/mol. The molecule has 1 aliphatic carbocycles. The maximum absolute atomic E-state index is 14.1. The SMILES string of the molecule is Cc1nnc(-c2ccc(-c3c(C(F)(F)F)ccc4c3CC[C@H]4Oc3ccc4c(c3)OC[C@H]4CC(=O)O)cc2)o1. The molecule has 1 aliphatic heterocycles. The Labute approximate surface area is 221 Å². The van der Waals surface area contributed by atoms with Crippen LogP contribution in [-0.4, -0.2) is 27.9 Å². The van der Waals surface area contributed by atoms with Crippen molar-refractivity contribution >= 4 is 5.97 Å². The molecule has 200 valence electrons. The molecule has 10 heteroatoms. The normalized spacial score (nSPS) is 17.9. The van der Waals surface area contributed by atoms with E-state index in [1.807, 2.05) is 0 Å². The molecule has 7 nitrogen and oxygen atoms in total. The highest BCUT2D eigenvalue weighted by atomic mass is 19.4. The molecule has 3 aromatic carbocycles. The van der Waals surface area contributed by atoms with Crippen LogP contribution >= 0.6 is 0 Å². The van der Waals surface area contributed by atoms with Crippen molar-refractivity contribution in [1.29, 1.82) is 0 Å². The van der Waals surface area contributed by atoms with Crippen molar-refractivity contribution in [3.05, 3.63) is 82.7 Å². The number of hydrogen-bond acceptors (Lipinski definition) is 6. The number of carboxylic acids is 1. The molecule has 0 spiro atoms. The lowest BCUT2D eigenvalue weighted by molar-refractivity contribution is -0.138. The summed E-state index contributed by atoms with van der Waals surface area (Å²) in [5.41, 5.74) is 2.64. The lowest BCUT2D eigenvalue weighted by Gasteiger charge is -2.20. The first kappa shape index (κ1) is 25.0. The molecule has 6 rings (SSSR count). The van der Waals surface area contributed by atoms with Gasteiger partial charge in [0.05, 0.1) is 18.6 Å². The fourth-order valence-electron chi connectivity index (χ4n) is 5.42. The van der Waals surface area contributed by atoms with Crippen LogP contribution in [0.15, 0.2) is 59.0 Å². The number of benzene rings is 3. The summed E-state index contributed by atoms with van der Waals surface area (Å²) < 4.78 is 59.7. The largest absolute Gasteiger partial charge is 0.492 e. The van der Waals surface area contributed by atoms with Gasteiger partial charge in [0.25, 0.3) is 0 Å². The third-order valence-electron chi connectivity index (χ3n) is 7.17. The van der Waals surface area contributed by atoms with Crippen LogP contribution in [-0.2, 0) is 17.4 Å². The number of fused-ring (bicyclic) bond motifs is 2. The van der Waals surface area contributed by atoms with Crippen LogP contribution < -0.4 is 9.47 Å². The van der Waals surface area contributed by atoms with Crippen molar-refractivity contribution in [2.45, 2.75) is 44.4 Å². The van der Waals surface area contributed by atoms with Gasteiger partial charge in [-0.3, -0.25) is 4.79 Å². The third kappa shape index (κ3) is 4.71. The quantitative estimate of drug-likeness (QED) is 0.291. The van der Waals surface area contributed by atoms with E-state index >= 15 is 0 Å². The molecule has 0 unspecified atom stereocenters. The molecular weight excluding hydrogens is 513 g/mol. The van der Waals surface area contributed by atoms with Crippen LogP contribution in [0.5, 0.6) is 11.5 Å². The summed E-state index contributed by atoms with van der Waals surface area (Å²) in [6.07, 6.45) is -4.05. The van der Waals surface area contributed by atoms with Crippen molar-refractivity contribution in [3.8, 4) is 34.1 Å². The van der Waals surface area contributed by atoms with Gasteiger partial charge in [0.1, 0.15) is 17.6 Å². The van der Waals surface area contributed by atoms with E-state index in [2.05, 4.69) is 10.2 Å². The number of hydrogen-bond donors (Lipinski definition) is 1. The number of rotatable bonds is 6. The summed E-state index contributed by atoms with van der Waals surface area (Å²) in [5.74, 6) is 0.666. The maximum Gasteiger partial charge on any atom is 0.417 e. The van der Waals surface area contributed by atoms with Gasteiger partial charge in [0, 0.05) is 30.0 Å². The smallest absolute Gasteiger partial charge is 0.417 e. The first-order valence-electron chi connectivity index (χ1n) is 12.5. The van der Waals surface area contributed by atoms with E-state index in [1.54, 1.807) is 49.4 Å². The van der Waals surface area contributed by atoms with Gasteiger partial charge in [-0.05, 0) is 59.4 Å². The number of halogens is 3. The number of nitrogens with zero attached hydrogens (tertiary/aromatic N) is 2. The van der Waals surface area contributed by atoms with Gasteiger partial charge in [-0.2, -0.15) is 13.2 Å². The highest BCUT2D eigenvalue weighted by Crippen LogP contribution is 2.47. The van der Waals surface area contributed by atoms with Gasteiger partial charge in [-0.1, -0.05) is 24.3 Å². The fourth-order valence-corrected chi connectivity index (χ4v) is 5.42. The van der Waals surface area contributed by atoms with E-state index in [9.17, 15) is 18.0 Å². The molecule has 1 N–H and O–H groups in total. The van der Waals surface area contributed by atoms with E-state index in [1.165, 1.54) is 6.07 Å². The maximum atomic E-state index is 14.1. The van der Waals surface area contributed by atoms with Crippen LogP contribution in [0.2, 0.25) is 0 Å². The standard InChI is InChI=1S/C29H23F3N2O5/c1-15-33-34-28(38-15)17-4-2-16(3-5-17)27-22-9-11-24(21(22)8-10-23(27)29(30,31)32)39-19-6-7-20-18(12-26(35)36)14-37-25(20)13-19/h2-8,10,13,18,24H,9,11-12,14H2,1H3,(H,35,36)/t18-,24-/m1/s1. The second-order valence-corrected chi connectivity index (χ2v) is 9.71. The van der Waals surface area contributed by atoms with Crippen molar-refractivity contribution in [2.75, 3.05) is 6.61 Å². The Morgan fingerprint density at radius 3 is 2.49 bits per heavy atom. The number of aryl methyl sites for hydroxylation is 1. The topological polar surface area (TPSA) is 94.7 Å². The van der Waals surface area contributed by atoms with Crippen LogP contribution in [0.4, 0.5) is 13.2 Å². The van der Waals surface area contributed by atoms with Crippen LogP contribution in [0.1, 0.15) is 53.0 Å². The predicted octanol–water partition coefficient (Wildman–Crippen LogP) is 6.75. The molecule has 0 fully saturated rings. The zero-order chi connectivity index (χ0) is 27.3. The molecule has 39 heavy (non-hydrogen) atoms. The molecule has 0 saturated heterocycles. The van der Waals surface area contributed by atoms with Gasteiger partial charge in [-0.25, -0.2) is 0 Å². The van der Waals surface area contributed by atoms with Crippen LogP contribution in [0.3, 0.4) is 0 Å². The van der Waals surface area contributed by atoms with E-state index in [0.29, 0.717) is 58.4 Å². The highest BCUT2D eigenvalue weighted by Gasteiger charge is 2.38. The van der Waals surface area contributed by atoms with E-state index in [-0.39, 0.29) is 24.5 Å². The van der Waals surface area contributed by atoms with Crippen molar-refractivity contribution < 1.29 is 37.0 Å². The second kappa shape index (κ2) is 9.44. The summed E-state index contributed by atoms with van der Waals surface area (Å²) in [6, 6.07) is 14.5. The average Bonchev–Trinajstić information content (AvgIpc) is 3.62. The van der Waals surface area contributed by atoms with Gasteiger partial charge < -0.3 is 19.0 Å². The molecule has 0 saturated carbocycles. The lowest BCUT2D eigenvalue weighted by Crippen LogP contribution is -2.10. The number of ether oxygens (including phenoxy) is 2. The van der Waals surface area contributed by atoms with Crippen molar-refractivity contribution in [2.24, 2.45) is 0 Å². The molecule has 0 amide bonds. The Morgan fingerprint density at radius 2 is 1.79 bits per heavy atom. The molecule has 2 aliphatic rings. The van der Waals surface area contributed by atoms with Gasteiger partial charge in [0.2, 0.25) is 11.8 Å². The van der Waals surface area contributed by atoms with Crippen molar-refractivity contribution in [3.63, 3.8) is 0 Å². The van der Waals surface area contributed by atoms with Gasteiger partial charge in [0.15, 0.2) is 0 Å². The fraction of sp³-hybridized carbons (Fsp3) is 0.276. The lowest BCUT2D eigenvalue weighted by atomic mass is 9.91. The number of carbonyl (C=O) groups is 1. The zero-order valence-corrected chi connectivity index (χ0v) is 20.8. The Hall–Kier alpha value is -4.34. The molecule has 1 aromatic heterocycles. The number of aliphatic carboxylic acids is 1. The average molecular weight is 537 g/mol. The summed E-state index contributed by atoms with van der Waals surface area (Å²) >= 11 is 0. The first-order valence-corrected chi connectivity index (χ1v) is 12.5. The molecule has 2 atom stereocenters. The summed E-state index contributed by atoms with van der Waals surface area (Å²) in [6.45, 7) is 1.95. The zero-order valence-electron chi connectivity index (χ0n) is 20.8. The van der Waals surface area contributed by atoms with E-state index < -0.39 is 23.8 Å². The molecule has 0 radical (unpaired) electrons. The molecule has 4 aromatic rings. The number of carboxylic acid groups (broad SMARTS) is 1. The third-order valence-corrected chi connectivity index (χ3v) is 7.17. The summed E-state index contributed by atoms with van der Waals surface area (Å²) in [7, 11) is 0. The van der Waals surface area contributed by atoms with Crippen molar-refractivity contribution in [1.82, 2.24) is 10.2 Å². The molecule has 2 heterocycles. The Balaban J connectivity index is 1.32. The second-order valence-electron chi connectivity index (χ2n) is 9.71. The minimum atomic E-state index is -4.53. The first-order chi connectivity index (χ1) is 18.7. The summed E-state index contributed by atoms with van der Waals surface area (Å²) in [4.78, 5) is 11.1. The molecular formula is C29H23F3N2O5. The number of aromatic nitrogens is 2. The van der Waals surface area contributed by atoms with Crippen LogP contribution in [0, 0.1) is 6.92 Å². The minimum absolute atomic E-state index is 0.0247. The van der Waals surface area contributed by atoms with E-state index in [0.717, 1.165) is 11.6 Å². The van der Waals surface area contributed by atoms with Gasteiger partial charge >= 0.3 is 12.1 Å². The Kier molecular flexibility index (Phi) is 6.05. The number of alkyl halides is 3. The summed E-state index contributed by atoms with van der Waals surface area (Å²) in [5, 5.41) is 16.9. The Bertz CT molecular complexity index is 1560. The van der Waals surface area contributed by atoms with Gasteiger partial charge in [-0.15, -0.1) is 10.2 Å². The minimum Gasteiger partial charge on any atom is -0.492 e. The monoisotopic (exact) mass is 536 g/mol. The molecule has 0 bridgehead atoms.